The summed E-state index contributed by atoms with van der Waals surface area (Å²) in [6, 6.07) is 0. The number of hydrogen-bond acceptors (Lipinski definition) is 0. The van der Waals surface area contributed by atoms with Crippen molar-refractivity contribution in [3.63, 3.8) is 0 Å². The summed E-state index contributed by atoms with van der Waals surface area (Å²) in [6.45, 7) is 28.1. The Bertz CT molecular complexity index is 70.3. The van der Waals surface area contributed by atoms with Crippen molar-refractivity contribution in [2.45, 2.75) is 13.1 Å². The van der Waals surface area contributed by atoms with Crippen LogP contribution in [0, 0.1) is 6.55 Å². The molecule has 0 unspecified atom stereocenters. The third kappa shape index (κ3) is 954. The second kappa shape index (κ2) is 31.7. The van der Waals surface area contributed by atoms with Gasteiger partial charge >= 0.3 is 27.0 Å². The summed E-state index contributed by atoms with van der Waals surface area (Å²) >= 11 is 1.82. The molecular formula is C12H35ClP3RuSi. The maximum absolute atomic E-state index is 4.57. The number of halogens is 1. The molecule has 18 heavy (non-hydrogen) atoms. The van der Waals surface area contributed by atoms with Crippen LogP contribution in [0.4, 0.5) is 0 Å². The van der Waals surface area contributed by atoms with Gasteiger partial charge in [-0.2, -0.15) is 0 Å². The van der Waals surface area contributed by atoms with Crippen LogP contribution in [0.5, 0.6) is 0 Å². The molecule has 0 bridgehead atoms. The molecule has 1 radical (unpaired) electrons. The summed E-state index contributed by atoms with van der Waals surface area (Å²) < 4.78 is 0. The Hall–Kier alpha value is 2.42. The maximum atomic E-state index is 4.57. The number of rotatable bonds is 0. The van der Waals surface area contributed by atoms with Crippen molar-refractivity contribution in [2.75, 3.05) is 60.0 Å². The van der Waals surface area contributed by atoms with E-state index in [2.05, 4.69) is 89.3 Å². The second-order valence-corrected chi connectivity index (χ2v) is 15.7. The van der Waals surface area contributed by atoms with Gasteiger partial charge in [0.1, 0.15) is 0 Å². The second-order valence-electron chi connectivity index (χ2n) is 5.23. The molecule has 117 valence electrons. The van der Waals surface area contributed by atoms with Crippen molar-refractivity contribution in [3.8, 4) is 0 Å². The molecule has 0 rings (SSSR count). The summed E-state index contributed by atoms with van der Waals surface area (Å²) in [7, 11) is 5.58. The average molecular weight is 437 g/mol. The molecule has 0 aliphatic rings. The Morgan fingerprint density at radius 3 is 0.667 bits per heavy atom. The van der Waals surface area contributed by atoms with Crippen LogP contribution in [0.15, 0.2) is 0 Å². The molecule has 0 aliphatic heterocycles. The van der Waals surface area contributed by atoms with E-state index in [4.69, 9.17) is 0 Å². The Morgan fingerprint density at radius 1 is 0.667 bits per heavy atom. The van der Waals surface area contributed by atoms with Crippen LogP contribution in [0.3, 0.4) is 0 Å². The molecule has 0 heterocycles. The molecule has 0 aliphatic carbocycles. The van der Waals surface area contributed by atoms with E-state index < -0.39 is 0 Å². The fourth-order valence-corrected chi connectivity index (χ4v) is 0. The molecule has 0 fully saturated rings. The predicted molar refractivity (Wildman–Crippen MR) is 103 cm³/mol. The SMILES string of the molecule is CP(C)C.CP(C)C.CP(C)C.[CH2-][Si](C)C.[Cl][Ru+]. The molecule has 0 spiro atoms. The molecule has 0 aromatic rings. The van der Waals surface area contributed by atoms with Crippen LogP contribution in [-0.4, -0.2) is 68.8 Å². The molecule has 6 heteroatoms. The van der Waals surface area contributed by atoms with Crippen LogP contribution < -0.4 is 0 Å². The van der Waals surface area contributed by atoms with E-state index in [-0.39, 0.29) is 8.80 Å². The zero-order valence-electron chi connectivity index (χ0n) is 14.3. The first kappa shape index (κ1) is 32.4. The van der Waals surface area contributed by atoms with Crippen LogP contribution in [0.1, 0.15) is 0 Å². The van der Waals surface area contributed by atoms with Crippen LogP contribution in [-0.2, 0) is 17.3 Å². The van der Waals surface area contributed by atoms with Crippen molar-refractivity contribution in [1.82, 2.24) is 0 Å². The van der Waals surface area contributed by atoms with Crippen LogP contribution >= 0.6 is 33.5 Å². The summed E-state index contributed by atoms with van der Waals surface area (Å²) in [5.41, 5.74) is 0. The molecule has 0 amide bonds. The van der Waals surface area contributed by atoms with Gasteiger partial charge in [0, 0.05) is 0 Å². The van der Waals surface area contributed by atoms with E-state index in [0.29, 0.717) is 23.8 Å². The number of hydrogen-bond donors (Lipinski definition) is 0. The van der Waals surface area contributed by atoms with Gasteiger partial charge in [-0.3, -0.25) is 0 Å². The molecule has 0 aromatic carbocycles. The van der Waals surface area contributed by atoms with E-state index in [9.17, 15) is 0 Å². The summed E-state index contributed by atoms with van der Waals surface area (Å²) in [4.78, 5) is 0. The summed E-state index contributed by atoms with van der Waals surface area (Å²) in [5.74, 6) is 0. The average Bonchev–Trinajstić information content (AvgIpc) is 2.01. The van der Waals surface area contributed by atoms with Crippen molar-refractivity contribution < 1.29 is 17.3 Å². The minimum atomic E-state index is -0.130. The fraction of sp³-hybridized carbons (Fsp3) is 0.917. The van der Waals surface area contributed by atoms with Gasteiger partial charge < -0.3 is 6.55 Å². The van der Waals surface area contributed by atoms with Gasteiger partial charge in [-0.05, 0) is 60.0 Å². The molecule has 0 saturated heterocycles. The molecular weight excluding hydrogens is 402 g/mol. The quantitative estimate of drug-likeness (QED) is 0.253. The van der Waals surface area contributed by atoms with E-state index >= 15 is 0 Å². The third-order valence-corrected chi connectivity index (χ3v) is 0. The predicted octanol–water partition coefficient (Wildman–Crippen LogP) is 5.87. The summed E-state index contributed by atoms with van der Waals surface area (Å²) in [5, 5.41) is 0. The monoisotopic (exact) mass is 437 g/mol. The topological polar surface area (TPSA) is 0 Å². The first-order chi connectivity index (χ1) is 7.93. The van der Waals surface area contributed by atoms with Gasteiger partial charge in [-0.15, -0.1) is 32.6 Å². The summed E-state index contributed by atoms with van der Waals surface area (Å²) in [6.07, 6.45) is 0. The first-order valence-electron chi connectivity index (χ1n) is 5.51. The van der Waals surface area contributed by atoms with E-state index in [0.717, 1.165) is 0 Å². The van der Waals surface area contributed by atoms with Crippen LogP contribution in [0.2, 0.25) is 13.1 Å². The first-order valence-corrected chi connectivity index (χ1v) is 18.5. The van der Waals surface area contributed by atoms with Gasteiger partial charge in [-0.1, -0.05) is 13.1 Å². The molecule has 0 N–H and O–H groups in total. The van der Waals surface area contributed by atoms with Crippen molar-refractivity contribution in [2.24, 2.45) is 0 Å². The van der Waals surface area contributed by atoms with E-state index in [1.54, 1.807) is 0 Å². The van der Waals surface area contributed by atoms with Gasteiger partial charge in [-0.25, -0.2) is 0 Å². The normalized spacial score (nSPS) is 8.33. The zero-order chi connectivity index (χ0) is 16.3. The van der Waals surface area contributed by atoms with Gasteiger partial charge in [0.2, 0.25) is 0 Å². The molecule has 0 nitrogen and oxygen atoms in total. The van der Waals surface area contributed by atoms with Gasteiger partial charge in [0.05, 0.1) is 0 Å². The van der Waals surface area contributed by atoms with E-state index in [1.165, 1.54) is 0 Å². The van der Waals surface area contributed by atoms with Gasteiger partial charge in [0.15, 0.2) is 0 Å². The van der Waals surface area contributed by atoms with E-state index in [1.807, 2.05) is 17.3 Å². The molecule has 0 atom stereocenters. The standard InChI is InChI=1S/3C3H9P.C3H8Si.ClH.Ru/c4*1-4(2)3;;/h3*1-3H3;1H2,2-3H3;1H;/q;;;-1;;+2/p-1. The van der Waals surface area contributed by atoms with Crippen molar-refractivity contribution in [1.29, 1.82) is 0 Å². The molecule has 0 aromatic heterocycles. The third-order valence-electron chi connectivity index (χ3n) is 0. The fourth-order valence-electron chi connectivity index (χ4n) is 0. The zero-order valence-corrected chi connectivity index (χ0v) is 20.5. The Kier molecular flexibility index (Phi) is 57.0. The minimum absolute atomic E-state index is 0.130. The van der Waals surface area contributed by atoms with Crippen molar-refractivity contribution in [3.05, 3.63) is 6.55 Å². The van der Waals surface area contributed by atoms with Gasteiger partial charge in [0.25, 0.3) is 0 Å². The molecule has 0 saturated carbocycles. The van der Waals surface area contributed by atoms with Crippen molar-refractivity contribution >= 4 is 42.3 Å². The Balaban J connectivity index is -0.0000000399. The Morgan fingerprint density at radius 2 is 0.667 bits per heavy atom. The van der Waals surface area contributed by atoms with Crippen LogP contribution in [0.25, 0.3) is 0 Å². The Labute approximate surface area is 138 Å².